The van der Waals surface area contributed by atoms with Crippen LogP contribution in [0.5, 0.6) is 5.75 Å². The number of nitro groups is 1. The highest BCUT2D eigenvalue weighted by Gasteiger charge is 2.23. The van der Waals surface area contributed by atoms with Gasteiger partial charge in [0.1, 0.15) is 29.0 Å². The molecule has 3 aromatic rings. The monoisotopic (exact) mass is 422 g/mol. The summed E-state index contributed by atoms with van der Waals surface area (Å²) in [6.07, 6.45) is 1.12. The minimum absolute atomic E-state index is 0.00328. The highest BCUT2D eigenvalue weighted by molar-refractivity contribution is 7.89. The summed E-state index contributed by atoms with van der Waals surface area (Å²) >= 11 is 0. The number of nitrogens with one attached hydrogen (secondary N) is 1. The molecule has 0 fully saturated rings. The molecule has 2 heterocycles. The summed E-state index contributed by atoms with van der Waals surface area (Å²) in [4.78, 5) is 25.7. The van der Waals surface area contributed by atoms with Crippen LogP contribution in [0.1, 0.15) is 11.4 Å². The van der Waals surface area contributed by atoms with Gasteiger partial charge in [-0.1, -0.05) is 0 Å². The van der Waals surface area contributed by atoms with Crippen LogP contribution in [0, 0.1) is 24.0 Å². The zero-order chi connectivity index (χ0) is 21.3. The predicted octanol–water partition coefficient (Wildman–Crippen LogP) is 1.50. The maximum absolute atomic E-state index is 12.8. The van der Waals surface area contributed by atoms with E-state index in [-0.39, 0.29) is 35.1 Å². The number of hydrogen-bond acceptors (Lipinski definition) is 8. The largest absolute Gasteiger partial charge is 0.495 e. The van der Waals surface area contributed by atoms with E-state index >= 15 is 0 Å². The molecule has 0 aliphatic heterocycles. The number of aryl methyl sites for hydroxylation is 2. The van der Waals surface area contributed by atoms with Crippen molar-refractivity contribution in [2.75, 3.05) is 13.7 Å². The van der Waals surface area contributed by atoms with Crippen molar-refractivity contribution in [2.24, 2.45) is 0 Å². The molecular formula is C17H18N4O7S. The fraction of sp³-hybridized carbons (Fsp3) is 0.294. The van der Waals surface area contributed by atoms with Crippen LogP contribution < -0.4 is 15.1 Å². The molecule has 0 saturated heterocycles. The Balaban J connectivity index is 1.91. The Bertz CT molecular complexity index is 1260. The number of rotatable bonds is 7. The van der Waals surface area contributed by atoms with Gasteiger partial charge in [0.2, 0.25) is 10.0 Å². The Kier molecular flexibility index (Phi) is 5.40. The van der Waals surface area contributed by atoms with Gasteiger partial charge in [-0.15, -0.1) is 0 Å². The van der Waals surface area contributed by atoms with Gasteiger partial charge in [-0.25, -0.2) is 27.5 Å². The van der Waals surface area contributed by atoms with Crippen molar-refractivity contribution in [1.29, 1.82) is 0 Å². The molecule has 0 atom stereocenters. The fourth-order valence-corrected chi connectivity index (χ4v) is 4.14. The van der Waals surface area contributed by atoms with Gasteiger partial charge in [-0.3, -0.25) is 0 Å². The van der Waals surface area contributed by atoms with Crippen molar-refractivity contribution < 1.29 is 22.5 Å². The van der Waals surface area contributed by atoms with Gasteiger partial charge in [0.05, 0.1) is 7.11 Å². The number of aromatic nitrogens is 2. The molecule has 11 nitrogen and oxygen atoms in total. The molecule has 0 aliphatic rings. The molecule has 12 heteroatoms. The third-order valence-corrected chi connectivity index (χ3v) is 5.86. The van der Waals surface area contributed by atoms with Crippen LogP contribution in [0.15, 0.2) is 38.5 Å². The van der Waals surface area contributed by atoms with E-state index < -0.39 is 20.6 Å². The topological polar surface area (TPSA) is 147 Å². The van der Waals surface area contributed by atoms with Gasteiger partial charge in [0, 0.05) is 31.0 Å². The van der Waals surface area contributed by atoms with E-state index in [9.17, 15) is 23.3 Å². The normalized spacial score (nSPS) is 11.7. The number of imidazole rings is 1. The summed E-state index contributed by atoms with van der Waals surface area (Å²) in [5.41, 5.74) is 0.207. The maximum Gasteiger partial charge on any atom is 0.342 e. The van der Waals surface area contributed by atoms with Crippen molar-refractivity contribution in [3.05, 3.63) is 56.3 Å². The second-order valence-electron chi connectivity index (χ2n) is 6.22. The molecule has 0 aliphatic carbocycles. The van der Waals surface area contributed by atoms with E-state index in [4.69, 9.17) is 9.15 Å². The average Bonchev–Trinajstić information content (AvgIpc) is 3.01. The van der Waals surface area contributed by atoms with Gasteiger partial charge in [-0.05, 0) is 23.5 Å². The van der Waals surface area contributed by atoms with Crippen molar-refractivity contribution >= 4 is 26.8 Å². The molecule has 2 aromatic heterocycles. The number of methoxy groups -OCH3 is 1. The highest BCUT2D eigenvalue weighted by Crippen LogP contribution is 2.30. The van der Waals surface area contributed by atoms with Crippen LogP contribution in [0.25, 0.3) is 11.0 Å². The molecule has 1 aromatic carbocycles. The Hall–Kier alpha value is -3.25. The third-order valence-electron chi connectivity index (χ3n) is 4.37. The summed E-state index contributed by atoms with van der Waals surface area (Å²) in [6, 6.07) is 3.96. The van der Waals surface area contributed by atoms with Crippen LogP contribution >= 0.6 is 0 Å². The first-order chi connectivity index (χ1) is 13.6. The number of sulfonamides is 1. The van der Waals surface area contributed by atoms with Crippen molar-refractivity contribution in [2.45, 2.75) is 25.3 Å². The molecule has 0 amide bonds. The van der Waals surface area contributed by atoms with Crippen LogP contribution in [0.3, 0.4) is 0 Å². The van der Waals surface area contributed by atoms with Crippen LogP contribution in [-0.4, -0.2) is 36.5 Å². The predicted molar refractivity (Wildman–Crippen MR) is 103 cm³/mol. The van der Waals surface area contributed by atoms with Crippen molar-refractivity contribution in [1.82, 2.24) is 14.3 Å². The molecule has 3 rings (SSSR count). The molecule has 0 spiro atoms. The van der Waals surface area contributed by atoms with E-state index in [2.05, 4.69) is 9.71 Å². The SMILES string of the molecule is COc1cc2oc(=O)cc(C)c2cc1S(=O)(=O)NCCn1c([N+](=O)[O-])cnc1C. The molecule has 0 bridgehead atoms. The first-order valence-electron chi connectivity index (χ1n) is 8.42. The van der Waals surface area contributed by atoms with Gasteiger partial charge >= 0.3 is 11.4 Å². The highest BCUT2D eigenvalue weighted by atomic mass is 32.2. The van der Waals surface area contributed by atoms with E-state index in [1.165, 1.54) is 29.9 Å². The van der Waals surface area contributed by atoms with Crippen LogP contribution in [0.2, 0.25) is 0 Å². The summed E-state index contributed by atoms with van der Waals surface area (Å²) in [7, 11) is -2.72. The van der Waals surface area contributed by atoms with Crippen molar-refractivity contribution in [3.8, 4) is 5.75 Å². The van der Waals surface area contributed by atoms with E-state index in [0.717, 1.165) is 6.20 Å². The standard InChI is InChI=1S/C17H18N4O7S/c1-10-6-17(22)28-13-8-14(27-3)15(7-12(10)13)29(25,26)19-4-5-20-11(2)18-9-16(20)21(23)24/h6-9,19H,4-5H2,1-3H3. The minimum Gasteiger partial charge on any atom is -0.495 e. The number of ether oxygens (including phenoxy) is 1. The lowest BCUT2D eigenvalue weighted by Crippen LogP contribution is -2.28. The lowest BCUT2D eigenvalue weighted by Gasteiger charge is -2.12. The van der Waals surface area contributed by atoms with Gasteiger partial charge in [0.25, 0.3) is 0 Å². The Labute approximate surface area is 165 Å². The smallest absolute Gasteiger partial charge is 0.342 e. The number of fused-ring (bicyclic) bond motifs is 1. The lowest BCUT2D eigenvalue weighted by molar-refractivity contribution is -0.392. The quantitative estimate of drug-likeness (QED) is 0.342. The van der Waals surface area contributed by atoms with Crippen LogP contribution in [0.4, 0.5) is 5.82 Å². The summed E-state index contributed by atoms with van der Waals surface area (Å²) in [6.45, 7) is 3.16. The van der Waals surface area contributed by atoms with Gasteiger partial charge in [0.15, 0.2) is 5.82 Å². The first-order valence-corrected chi connectivity index (χ1v) is 9.91. The third kappa shape index (κ3) is 3.98. The van der Waals surface area contributed by atoms with Crippen LogP contribution in [-0.2, 0) is 16.6 Å². The summed E-state index contributed by atoms with van der Waals surface area (Å²) in [5, 5.41) is 11.5. The summed E-state index contributed by atoms with van der Waals surface area (Å²) in [5.74, 6) is 0.170. The fourth-order valence-electron chi connectivity index (χ4n) is 2.94. The van der Waals surface area contributed by atoms with E-state index in [1.54, 1.807) is 13.8 Å². The number of hydrogen-bond donors (Lipinski definition) is 1. The first kappa shape index (κ1) is 20.5. The molecule has 0 saturated carbocycles. The average molecular weight is 422 g/mol. The zero-order valence-corrected chi connectivity index (χ0v) is 16.6. The van der Waals surface area contributed by atoms with E-state index in [1.807, 2.05) is 0 Å². The molecule has 0 radical (unpaired) electrons. The van der Waals surface area contributed by atoms with E-state index in [0.29, 0.717) is 16.8 Å². The number of benzene rings is 1. The maximum atomic E-state index is 12.8. The minimum atomic E-state index is -4.02. The summed E-state index contributed by atoms with van der Waals surface area (Å²) < 4.78 is 39.6. The second-order valence-corrected chi connectivity index (χ2v) is 7.95. The Morgan fingerprint density at radius 1 is 1.31 bits per heavy atom. The molecule has 154 valence electrons. The molecular weight excluding hydrogens is 404 g/mol. The number of nitrogens with zero attached hydrogens (tertiary/aromatic N) is 3. The van der Waals surface area contributed by atoms with Gasteiger partial charge < -0.3 is 19.3 Å². The molecule has 29 heavy (non-hydrogen) atoms. The Morgan fingerprint density at radius 2 is 2.03 bits per heavy atom. The van der Waals surface area contributed by atoms with Gasteiger partial charge in [-0.2, -0.15) is 0 Å². The Morgan fingerprint density at radius 3 is 2.69 bits per heavy atom. The zero-order valence-electron chi connectivity index (χ0n) is 15.8. The molecule has 1 N–H and O–H groups in total. The lowest BCUT2D eigenvalue weighted by atomic mass is 10.1. The van der Waals surface area contributed by atoms with Crippen molar-refractivity contribution in [3.63, 3.8) is 0 Å². The second kappa shape index (κ2) is 7.64. The molecule has 0 unspecified atom stereocenters.